The summed E-state index contributed by atoms with van der Waals surface area (Å²) >= 11 is 0. The van der Waals surface area contributed by atoms with Gasteiger partial charge in [-0.1, -0.05) is 11.6 Å². The number of anilines is 1. The number of aryl methyl sites for hydroxylation is 3. The lowest BCUT2D eigenvalue weighted by atomic mass is 9.98. The zero-order chi connectivity index (χ0) is 17.0. The molecule has 3 aromatic rings. The molecule has 1 aliphatic rings. The van der Waals surface area contributed by atoms with Crippen LogP contribution in [0.5, 0.6) is 11.5 Å². The van der Waals surface area contributed by atoms with Crippen molar-refractivity contribution in [3.05, 3.63) is 58.8 Å². The van der Waals surface area contributed by atoms with Crippen molar-refractivity contribution in [2.45, 2.75) is 26.9 Å². The molecule has 3 N–H and O–H groups in total. The van der Waals surface area contributed by atoms with Gasteiger partial charge in [0.2, 0.25) is 0 Å². The second-order valence-corrected chi connectivity index (χ2v) is 6.41. The Labute approximate surface area is 140 Å². The highest BCUT2D eigenvalue weighted by atomic mass is 16.3. The summed E-state index contributed by atoms with van der Waals surface area (Å²) in [5.41, 5.74) is 7.12. The van der Waals surface area contributed by atoms with Crippen molar-refractivity contribution < 1.29 is 10.2 Å². The van der Waals surface area contributed by atoms with Crippen LogP contribution in [0.1, 0.15) is 28.6 Å². The minimum atomic E-state index is -0.330. The van der Waals surface area contributed by atoms with Crippen molar-refractivity contribution in [2.75, 3.05) is 5.32 Å². The Morgan fingerprint density at radius 2 is 1.83 bits per heavy atom. The number of hydrogen-bond acceptors (Lipinski definition) is 4. The van der Waals surface area contributed by atoms with Crippen LogP contribution in [0.2, 0.25) is 0 Å². The lowest BCUT2D eigenvalue weighted by Crippen LogP contribution is -2.26. The van der Waals surface area contributed by atoms with E-state index in [1.54, 1.807) is 12.1 Å². The Morgan fingerprint density at radius 1 is 1.04 bits per heavy atom. The van der Waals surface area contributed by atoms with Crippen molar-refractivity contribution in [3.8, 4) is 22.8 Å². The molecule has 5 nitrogen and oxygen atoms in total. The first kappa shape index (κ1) is 14.6. The molecule has 5 heteroatoms. The summed E-state index contributed by atoms with van der Waals surface area (Å²) < 4.78 is 1.89. The van der Waals surface area contributed by atoms with E-state index in [4.69, 9.17) is 0 Å². The first-order valence-electron chi connectivity index (χ1n) is 7.90. The molecule has 2 heterocycles. The summed E-state index contributed by atoms with van der Waals surface area (Å²) in [6, 6.07) is 11.0. The first-order valence-corrected chi connectivity index (χ1v) is 7.90. The van der Waals surface area contributed by atoms with Crippen molar-refractivity contribution in [3.63, 3.8) is 0 Å². The van der Waals surface area contributed by atoms with E-state index >= 15 is 0 Å². The van der Waals surface area contributed by atoms with Crippen molar-refractivity contribution >= 4 is 5.69 Å². The lowest BCUT2D eigenvalue weighted by Gasteiger charge is -2.31. The number of phenolic OH excluding ortho intramolecular Hbond substituents is 2. The molecule has 122 valence electrons. The number of aromatic hydroxyl groups is 2. The van der Waals surface area contributed by atoms with Crippen LogP contribution in [-0.4, -0.2) is 20.0 Å². The van der Waals surface area contributed by atoms with E-state index in [9.17, 15) is 10.2 Å². The third kappa shape index (κ3) is 2.12. The molecule has 1 aromatic heterocycles. The maximum absolute atomic E-state index is 10.3. The van der Waals surface area contributed by atoms with Crippen molar-refractivity contribution in [1.29, 1.82) is 0 Å². The van der Waals surface area contributed by atoms with Crippen molar-refractivity contribution in [1.82, 2.24) is 9.78 Å². The number of fused-ring (bicyclic) bond motifs is 3. The Morgan fingerprint density at radius 3 is 2.58 bits per heavy atom. The van der Waals surface area contributed by atoms with Crippen LogP contribution in [-0.2, 0) is 0 Å². The van der Waals surface area contributed by atoms with E-state index < -0.39 is 0 Å². The molecule has 0 radical (unpaired) electrons. The number of nitrogens with zero attached hydrogens (tertiary/aromatic N) is 2. The average Bonchev–Trinajstić information content (AvgIpc) is 2.89. The topological polar surface area (TPSA) is 70.3 Å². The summed E-state index contributed by atoms with van der Waals surface area (Å²) in [7, 11) is 0. The number of nitrogens with one attached hydrogen (secondary N) is 1. The van der Waals surface area contributed by atoms with Gasteiger partial charge < -0.3 is 15.5 Å². The zero-order valence-corrected chi connectivity index (χ0v) is 13.8. The maximum Gasteiger partial charge on any atom is 0.150 e. The molecule has 1 atom stereocenters. The number of rotatable bonds is 1. The van der Waals surface area contributed by atoms with E-state index in [-0.39, 0.29) is 17.7 Å². The monoisotopic (exact) mass is 321 g/mol. The van der Waals surface area contributed by atoms with Crippen LogP contribution in [0.4, 0.5) is 5.69 Å². The molecule has 0 saturated carbocycles. The van der Waals surface area contributed by atoms with Crippen LogP contribution in [0.25, 0.3) is 11.3 Å². The van der Waals surface area contributed by atoms with Gasteiger partial charge in [0, 0.05) is 22.9 Å². The third-order valence-electron chi connectivity index (χ3n) is 4.45. The van der Waals surface area contributed by atoms with Gasteiger partial charge in [-0.15, -0.1) is 0 Å². The molecule has 0 bridgehead atoms. The highest BCUT2D eigenvalue weighted by molar-refractivity contribution is 5.82. The van der Waals surface area contributed by atoms with E-state index in [1.807, 2.05) is 11.6 Å². The highest BCUT2D eigenvalue weighted by Gasteiger charge is 2.29. The van der Waals surface area contributed by atoms with Gasteiger partial charge in [-0.05, 0) is 50.6 Å². The molecule has 2 aromatic carbocycles. The summed E-state index contributed by atoms with van der Waals surface area (Å²) in [4.78, 5) is 0. The number of benzene rings is 2. The van der Waals surface area contributed by atoms with Gasteiger partial charge >= 0.3 is 0 Å². The molecule has 1 unspecified atom stereocenters. The second kappa shape index (κ2) is 5.03. The fourth-order valence-corrected chi connectivity index (χ4v) is 3.45. The van der Waals surface area contributed by atoms with E-state index in [0.717, 1.165) is 28.2 Å². The molecule has 24 heavy (non-hydrogen) atoms. The van der Waals surface area contributed by atoms with Crippen molar-refractivity contribution in [2.24, 2.45) is 0 Å². The quantitative estimate of drug-likeness (QED) is 0.636. The second-order valence-electron chi connectivity index (χ2n) is 6.41. The Hall–Kier alpha value is -2.95. The van der Waals surface area contributed by atoms with Gasteiger partial charge in [0.05, 0.1) is 11.4 Å². The molecular weight excluding hydrogens is 302 g/mol. The molecule has 0 amide bonds. The van der Waals surface area contributed by atoms with Gasteiger partial charge in [-0.3, -0.25) is 0 Å². The molecule has 0 aliphatic carbocycles. The fraction of sp³-hybridized carbons (Fsp3) is 0.211. The smallest absolute Gasteiger partial charge is 0.150 e. The first-order chi connectivity index (χ1) is 11.4. The van der Waals surface area contributed by atoms with Gasteiger partial charge in [-0.25, -0.2) is 4.68 Å². The maximum atomic E-state index is 10.3. The van der Waals surface area contributed by atoms with Gasteiger partial charge in [0.1, 0.15) is 11.5 Å². The van der Waals surface area contributed by atoms with Gasteiger partial charge in [0.15, 0.2) is 6.17 Å². The van der Waals surface area contributed by atoms with E-state index in [2.05, 4.69) is 42.5 Å². The SMILES string of the molecule is Cc1cc(C)c2c(c1)-c1cc(C)nn1C(c1ccc(O)cc1O)N2. The minimum Gasteiger partial charge on any atom is -0.508 e. The lowest BCUT2D eigenvalue weighted by molar-refractivity contribution is 0.436. The molecular formula is C19H19N3O2. The van der Waals surface area contributed by atoms with Gasteiger partial charge in [-0.2, -0.15) is 5.10 Å². The number of phenols is 2. The van der Waals surface area contributed by atoms with Crippen LogP contribution in [0.3, 0.4) is 0 Å². The van der Waals surface area contributed by atoms with Crippen LogP contribution < -0.4 is 5.32 Å². The summed E-state index contributed by atoms with van der Waals surface area (Å²) in [5, 5.41) is 28.0. The zero-order valence-electron chi connectivity index (χ0n) is 13.8. The minimum absolute atomic E-state index is 0.0381. The Balaban J connectivity index is 1.95. The average molecular weight is 321 g/mol. The predicted octanol–water partition coefficient (Wildman–Crippen LogP) is 3.86. The highest BCUT2D eigenvalue weighted by Crippen LogP contribution is 2.42. The number of hydrogen-bond donors (Lipinski definition) is 3. The molecule has 0 spiro atoms. The van der Waals surface area contributed by atoms with E-state index in [0.29, 0.717) is 5.56 Å². The standard InChI is InChI=1S/C19H19N3O2/c1-10-6-11(2)18-15(7-10)16-8-12(3)21-22(16)19(20-18)14-5-4-13(23)9-17(14)24/h4-9,19-20,23-24H,1-3H3. The van der Waals surface area contributed by atoms with Crippen LogP contribution >= 0.6 is 0 Å². The number of aromatic nitrogens is 2. The normalized spacial score (nSPS) is 15.5. The van der Waals surface area contributed by atoms with Gasteiger partial charge in [0.25, 0.3) is 0 Å². The molecule has 4 rings (SSSR count). The summed E-state index contributed by atoms with van der Waals surface area (Å²) in [5.74, 6) is 0.0796. The molecule has 0 fully saturated rings. The summed E-state index contributed by atoms with van der Waals surface area (Å²) in [6.45, 7) is 6.12. The molecule has 1 aliphatic heterocycles. The largest absolute Gasteiger partial charge is 0.508 e. The predicted molar refractivity (Wildman–Crippen MR) is 93.4 cm³/mol. The van der Waals surface area contributed by atoms with Crippen LogP contribution in [0.15, 0.2) is 36.4 Å². The van der Waals surface area contributed by atoms with Crippen LogP contribution in [0, 0.1) is 20.8 Å². The van der Waals surface area contributed by atoms with E-state index in [1.165, 1.54) is 11.6 Å². The summed E-state index contributed by atoms with van der Waals surface area (Å²) in [6.07, 6.45) is -0.330. The molecule has 0 saturated heterocycles. The Kier molecular flexibility index (Phi) is 3.06. The third-order valence-corrected chi connectivity index (χ3v) is 4.45. The Bertz CT molecular complexity index is 959. The fourth-order valence-electron chi connectivity index (χ4n) is 3.45.